The summed E-state index contributed by atoms with van der Waals surface area (Å²) in [7, 11) is 0. The van der Waals surface area contributed by atoms with Gasteiger partial charge in [0.1, 0.15) is 13.2 Å². The number of benzene rings is 1. The minimum atomic E-state index is -0.885. The minimum absolute atomic E-state index is 0.0782. The molecule has 98 valence electrons. The zero-order valence-electron chi connectivity index (χ0n) is 10.5. The van der Waals surface area contributed by atoms with Crippen LogP contribution in [-0.2, 0) is 11.2 Å². The molecule has 0 atom stereocenters. The molecule has 1 aliphatic heterocycles. The fourth-order valence-electron chi connectivity index (χ4n) is 2.25. The molecule has 2 heterocycles. The maximum Gasteiger partial charge on any atom is 0.309 e. The number of hydrogen-bond donors (Lipinski definition) is 1. The second-order valence-corrected chi connectivity index (χ2v) is 4.51. The molecule has 5 nitrogen and oxygen atoms in total. The Hall–Kier alpha value is -2.30. The van der Waals surface area contributed by atoms with Gasteiger partial charge in [-0.3, -0.25) is 9.78 Å². The average Bonchev–Trinajstić information content (AvgIpc) is 2.36. The topological polar surface area (TPSA) is 68.7 Å². The number of carboxylic acids is 1. The van der Waals surface area contributed by atoms with Crippen LogP contribution in [-0.4, -0.2) is 29.3 Å². The van der Waals surface area contributed by atoms with Crippen LogP contribution in [0.15, 0.2) is 18.2 Å². The molecule has 0 aliphatic carbocycles. The number of ether oxygens (including phenoxy) is 2. The molecule has 0 fully saturated rings. The van der Waals surface area contributed by atoms with E-state index in [0.717, 1.165) is 22.2 Å². The highest BCUT2D eigenvalue weighted by atomic mass is 16.6. The molecule has 2 aromatic rings. The summed E-state index contributed by atoms with van der Waals surface area (Å²) in [5, 5.41) is 9.79. The standard InChI is InChI=1S/C14H13NO4/c1-8-4-9(5-14(16)17)15-11-7-13-12(6-10(8)11)18-2-3-19-13/h4,6-7H,2-3,5H2,1H3,(H,16,17). The maximum atomic E-state index is 10.8. The van der Waals surface area contributed by atoms with Crippen molar-refractivity contribution in [3.8, 4) is 11.5 Å². The van der Waals surface area contributed by atoms with E-state index in [0.29, 0.717) is 24.7 Å². The lowest BCUT2D eigenvalue weighted by Gasteiger charge is -2.19. The number of aliphatic carboxylic acids is 1. The fourth-order valence-corrected chi connectivity index (χ4v) is 2.25. The van der Waals surface area contributed by atoms with Crippen LogP contribution in [0.5, 0.6) is 11.5 Å². The summed E-state index contributed by atoms with van der Waals surface area (Å²) < 4.78 is 11.0. The Morgan fingerprint density at radius 3 is 2.63 bits per heavy atom. The number of carboxylic acid groups (broad SMARTS) is 1. The van der Waals surface area contributed by atoms with Crippen LogP contribution in [0.2, 0.25) is 0 Å². The van der Waals surface area contributed by atoms with Gasteiger partial charge in [0.25, 0.3) is 0 Å². The summed E-state index contributed by atoms with van der Waals surface area (Å²) >= 11 is 0. The largest absolute Gasteiger partial charge is 0.486 e. The number of carbonyl (C=O) groups is 1. The second-order valence-electron chi connectivity index (χ2n) is 4.51. The predicted molar refractivity (Wildman–Crippen MR) is 68.8 cm³/mol. The van der Waals surface area contributed by atoms with Crippen molar-refractivity contribution in [3.63, 3.8) is 0 Å². The van der Waals surface area contributed by atoms with Crippen molar-refractivity contribution < 1.29 is 19.4 Å². The van der Waals surface area contributed by atoms with Gasteiger partial charge >= 0.3 is 5.97 Å². The summed E-state index contributed by atoms with van der Waals surface area (Å²) in [5.74, 6) is 0.497. The molecule has 1 aromatic heterocycles. The summed E-state index contributed by atoms with van der Waals surface area (Å²) in [5.41, 5.74) is 2.27. The lowest BCUT2D eigenvalue weighted by molar-refractivity contribution is -0.136. The number of pyridine rings is 1. The van der Waals surface area contributed by atoms with Gasteiger partial charge in [-0.25, -0.2) is 0 Å². The van der Waals surface area contributed by atoms with Crippen molar-refractivity contribution in [3.05, 3.63) is 29.5 Å². The highest BCUT2D eigenvalue weighted by Gasteiger charge is 2.15. The molecule has 0 saturated carbocycles. The number of aryl methyl sites for hydroxylation is 1. The van der Waals surface area contributed by atoms with Gasteiger partial charge in [-0.15, -0.1) is 0 Å². The normalized spacial score (nSPS) is 13.5. The first-order valence-corrected chi connectivity index (χ1v) is 6.05. The lowest BCUT2D eigenvalue weighted by atomic mass is 10.1. The lowest BCUT2D eigenvalue weighted by Crippen LogP contribution is -2.15. The Morgan fingerprint density at radius 1 is 1.26 bits per heavy atom. The average molecular weight is 259 g/mol. The number of fused-ring (bicyclic) bond motifs is 2. The minimum Gasteiger partial charge on any atom is -0.486 e. The third-order valence-corrected chi connectivity index (χ3v) is 3.06. The first-order valence-electron chi connectivity index (χ1n) is 6.05. The van der Waals surface area contributed by atoms with E-state index in [9.17, 15) is 4.79 Å². The molecule has 0 saturated heterocycles. The molecule has 19 heavy (non-hydrogen) atoms. The molecule has 0 unspecified atom stereocenters. The van der Waals surface area contributed by atoms with Gasteiger partial charge in [0.05, 0.1) is 17.6 Å². The highest BCUT2D eigenvalue weighted by molar-refractivity contribution is 5.86. The second kappa shape index (κ2) is 4.42. The van der Waals surface area contributed by atoms with Gasteiger partial charge in [0.2, 0.25) is 0 Å². The first-order chi connectivity index (χ1) is 9.13. The molecule has 5 heteroatoms. The predicted octanol–water partition coefficient (Wildman–Crippen LogP) is 1.94. The van der Waals surface area contributed by atoms with E-state index >= 15 is 0 Å². The van der Waals surface area contributed by atoms with Crippen molar-refractivity contribution >= 4 is 16.9 Å². The van der Waals surface area contributed by atoms with Gasteiger partial charge < -0.3 is 14.6 Å². The van der Waals surface area contributed by atoms with Crippen molar-refractivity contribution in [2.75, 3.05) is 13.2 Å². The monoisotopic (exact) mass is 259 g/mol. The van der Waals surface area contributed by atoms with Gasteiger partial charge in [0, 0.05) is 11.5 Å². The van der Waals surface area contributed by atoms with Gasteiger partial charge in [-0.2, -0.15) is 0 Å². The molecule has 1 aromatic carbocycles. The van der Waals surface area contributed by atoms with Crippen LogP contribution >= 0.6 is 0 Å². The van der Waals surface area contributed by atoms with Crippen molar-refractivity contribution in [1.29, 1.82) is 0 Å². The molecule has 1 N–H and O–H groups in total. The van der Waals surface area contributed by atoms with Crippen LogP contribution < -0.4 is 9.47 Å². The van der Waals surface area contributed by atoms with Crippen LogP contribution in [0.25, 0.3) is 10.9 Å². The number of aromatic nitrogens is 1. The Kier molecular flexibility index (Phi) is 2.74. The van der Waals surface area contributed by atoms with E-state index in [1.54, 1.807) is 6.07 Å². The van der Waals surface area contributed by atoms with Gasteiger partial charge in [0.15, 0.2) is 11.5 Å². The third-order valence-electron chi connectivity index (χ3n) is 3.06. The third kappa shape index (κ3) is 2.19. The Bertz CT molecular complexity index is 666. The van der Waals surface area contributed by atoms with E-state index in [4.69, 9.17) is 14.6 Å². The molecule has 1 aliphatic rings. The van der Waals surface area contributed by atoms with Crippen LogP contribution in [0, 0.1) is 6.92 Å². The number of rotatable bonds is 2. The van der Waals surface area contributed by atoms with E-state index in [1.165, 1.54) is 0 Å². The maximum absolute atomic E-state index is 10.8. The van der Waals surface area contributed by atoms with Crippen molar-refractivity contribution in [1.82, 2.24) is 4.98 Å². The zero-order chi connectivity index (χ0) is 13.4. The van der Waals surface area contributed by atoms with Crippen molar-refractivity contribution in [2.24, 2.45) is 0 Å². The Morgan fingerprint density at radius 2 is 1.95 bits per heavy atom. The molecular formula is C14H13NO4. The Labute approximate surface area is 109 Å². The first kappa shape index (κ1) is 11.8. The highest BCUT2D eigenvalue weighted by Crippen LogP contribution is 2.35. The van der Waals surface area contributed by atoms with Crippen LogP contribution in [0.4, 0.5) is 0 Å². The van der Waals surface area contributed by atoms with Crippen LogP contribution in [0.1, 0.15) is 11.3 Å². The molecular weight excluding hydrogens is 246 g/mol. The number of hydrogen-bond acceptors (Lipinski definition) is 4. The summed E-state index contributed by atoms with van der Waals surface area (Å²) in [6.45, 7) is 3.00. The molecule has 3 rings (SSSR count). The zero-order valence-corrected chi connectivity index (χ0v) is 10.5. The van der Waals surface area contributed by atoms with E-state index in [-0.39, 0.29) is 6.42 Å². The van der Waals surface area contributed by atoms with Crippen molar-refractivity contribution in [2.45, 2.75) is 13.3 Å². The SMILES string of the molecule is Cc1cc(CC(=O)O)nc2cc3c(cc12)OCCO3. The van der Waals surface area contributed by atoms with Gasteiger partial charge in [-0.05, 0) is 24.6 Å². The molecule has 0 radical (unpaired) electrons. The molecule has 0 amide bonds. The quantitative estimate of drug-likeness (QED) is 0.892. The molecule has 0 bridgehead atoms. The fraction of sp³-hybridized carbons (Fsp3) is 0.286. The van der Waals surface area contributed by atoms with E-state index in [2.05, 4.69) is 4.98 Å². The van der Waals surface area contributed by atoms with E-state index in [1.807, 2.05) is 19.1 Å². The van der Waals surface area contributed by atoms with E-state index < -0.39 is 5.97 Å². The number of nitrogens with zero attached hydrogens (tertiary/aromatic N) is 1. The molecule has 0 spiro atoms. The smallest absolute Gasteiger partial charge is 0.309 e. The summed E-state index contributed by atoms with van der Waals surface area (Å²) in [6.07, 6.45) is -0.0782. The van der Waals surface area contributed by atoms with Gasteiger partial charge in [-0.1, -0.05) is 0 Å². The summed E-state index contributed by atoms with van der Waals surface area (Å²) in [6, 6.07) is 5.51. The Balaban J connectivity index is 2.15. The summed E-state index contributed by atoms with van der Waals surface area (Å²) in [4.78, 5) is 15.1. The van der Waals surface area contributed by atoms with Crippen LogP contribution in [0.3, 0.4) is 0 Å².